The molecule has 5 heteroatoms. The quantitative estimate of drug-likeness (QED) is 0.750. The number of amides is 2. The topological polar surface area (TPSA) is 78.4 Å². The molecular formula is C12H16N2O3. The first kappa shape index (κ1) is 13.0. The first-order chi connectivity index (χ1) is 7.83. The van der Waals surface area contributed by atoms with Gasteiger partial charge in [0.15, 0.2) is 0 Å². The number of aryl methyl sites for hydroxylation is 1. The molecule has 0 bridgehead atoms. The first-order valence-corrected chi connectivity index (χ1v) is 5.21. The van der Waals surface area contributed by atoms with Crippen LogP contribution in [0.2, 0.25) is 0 Å². The molecule has 0 unspecified atom stereocenters. The van der Waals surface area contributed by atoms with E-state index in [0.717, 1.165) is 5.56 Å². The van der Waals surface area contributed by atoms with Crippen molar-refractivity contribution in [2.24, 2.45) is 0 Å². The second kappa shape index (κ2) is 4.86. The van der Waals surface area contributed by atoms with Gasteiger partial charge in [0.2, 0.25) is 0 Å². The predicted molar refractivity (Wildman–Crippen MR) is 65.0 cm³/mol. The summed E-state index contributed by atoms with van der Waals surface area (Å²) in [4.78, 5) is 22.4. The Bertz CT molecular complexity index is 441. The molecular weight excluding hydrogens is 220 g/mol. The van der Waals surface area contributed by atoms with E-state index < -0.39 is 17.5 Å². The molecule has 0 aliphatic heterocycles. The molecule has 1 aromatic rings. The zero-order valence-corrected chi connectivity index (χ0v) is 10.1. The standard InChI is InChI=1S/C12H16N2O3/c1-8-6-4-5-7-9(8)13-11(17)14-12(2,3)10(15)16/h4-7H,1-3H3,(H,15,16)(H2,13,14,17). The van der Waals surface area contributed by atoms with E-state index in [0.29, 0.717) is 5.69 Å². The molecule has 5 nitrogen and oxygen atoms in total. The van der Waals surface area contributed by atoms with E-state index in [2.05, 4.69) is 10.6 Å². The molecule has 0 aliphatic carbocycles. The van der Waals surface area contributed by atoms with E-state index in [4.69, 9.17) is 5.11 Å². The number of nitrogens with one attached hydrogen (secondary N) is 2. The highest BCUT2D eigenvalue weighted by Gasteiger charge is 2.28. The summed E-state index contributed by atoms with van der Waals surface area (Å²) in [6, 6.07) is 6.73. The number of carbonyl (C=O) groups excluding carboxylic acids is 1. The second-order valence-electron chi connectivity index (χ2n) is 4.32. The summed E-state index contributed by atoms with van der Waals surface area (Å²) in [5.74, 6) is -1.09. The van der Waals surface area contributed by atoms with Gasteiger partial charge in [-0.05, 0) is 32.4 Å². The van der Waals surface area contributed by atoms with Gasteiger partial charge in [0, 0.05) is 5.69 Å². The van der Waals surface area contributed by atoms with Crippen molar-refractivity contribution >= 4 is 17.7 Å². The van der Waals surface area contributed by atoms with Crippen LogP contribution in [0.4, 0.5) is 10.5 Å². The summed E-state index contributed by atoms with van der Waals surface area (Å²) in [7, 11) is 0. The van der Waals surface area contributed by atoms with Crippen molar-refractivity contribution in [1.29, 1.82) is 0 Å². The highest BCUT2D eigenvalue weighted by molar-refractivity contribution is 5.94. The van der Waals surface area contributed by atoms with E-state index >= 15 is 0 Å². The van der Waals surface area contributed by atoms with Crippen LogP contribution < -0.4 is 10.6 Å². The fourth-order valence-electron chi connectivity index (χ4n) is 1.20. The SMILES string of the molecule is Cc1ccccc1NC(=O)NC(C)(C)C(=O)O. The average molecular weight is 236 g/mol. The third-order valence-electron chi connectivity index (χ3n) is 2.35. The van der Waals surface area contributed by atoms with Crippen LogP contribution in [-0.2, 0) is 4.79 Å². The zero-order valence-electron chi connectivity index (χ0n) is 10.1. The third-order valence-corrected chi connectivity index (χ3v) is 2.35. The van der Waals surface area contributed by atoms with Crippen LogP contribution in [0.25, 0.3) is 0 Å². The number of urea groups is 1. The van der Waals surface area contributed by atoms with Crippen molar-refractivity contribution < 1.29 is 14.7 Å². The lowest BCUT2D eigenvalue weighted by Crippen LogP contribution is -2.51. The fraction of sp³-hybridized carbons (Fsp3) is 0.333. The van der Waals surface area contributed by atoms with E-state index in [-0.39, 0.29) is 0 Å². The lowest BCUT2D eigenvalue weighted by Gasteiger charge is -2.21. The highest BCUT2D eigenvalue weighted by Crippen LogP contribution is 2.13. The van der Waals surface area contributed by atoms with E-state index in [1.165, 1.54) is 13.8 Å². The number of aliphatic carboxylic acids is 1. The fourth-order valence-corrected chi connectivity index (χ4v) is 1.20. The van der Waals surface area contributed by atoms with Gasteiger partial charge in [-0.25, -0.2) is 9.59 Å². The monoisotopic (exact) mass is 236 g/mol. The number of rotatable bonds is 3. The Morgan fingerprint density at radius 2 is 1.82 bits per heavy atom. The lowest BCUT2D eigenvalue weighted by molar-refractivity contribution is -0.142. The summed E-state index contributed by atoms with van der Waals surface area (Å²) < 4.78 is 0. The number of benzene rings is 1. The van der Waals surface area contributed by atoms with Gasteiger partial charge >= 0.3 is 12.0 Å². The third kappa shape index (κ3) is 3.48. The Hall–Kier alpha value is -2.04. The van der Waals surface area contributed by atoms with Crippen LogP contribution in [0.3, 0.4) is 0 Å². The van der Waals surface area contributed by atoms with Crippen molar-refractivity contribution in [2.45, 2.75) is 26.3 Å². The van der Waals surface area contributed by atoms with Crippen LogP contribution in [0.1, 0.15) is 19.4 Å². The van der Waals surface area contributed by atoms with Crippen LogP contribution in [0, 0.1) is 6.92 Å². The Balaban J connectivity index is 2.69. The van der Waals surface area contributed by atoms with Gasteiger partial charge in [0.1, 0.15) is 5.54 Å². The maximum absolute atomic E-state index is 11.6. The smallest absolute Gasteiger partial charge is 0.328 e. The Labute approximate surface area is 99.8 Å². The normalized spacial score (nSPS) is 10.8. The van der Waals surface area contributed by atoms with E-state index in [1.807, 2.05) is 19.1 Å². The van der Waals surface area contributed by atoms with Gasteiger partial charge in [0.05, 0.1) is 0 Å². The molecule has 0 aliphatic rings. The molecule has 0 fully saturated rings. The molecule has 0 saturated carbocycles. The van der Waals surface area contributed by atoms with E-state index in [9.17, 15) is 9.59 Å². The van der Waals surface area contributed by atoms with Gasteiger partial charge < -0.3 is 15.7 Å². The van der Waals surface area contributed by atoms with Gasteiger partial charge in [0.25, 0.3) is 0 Å². The molecule has 92 valence electrons. The minimum absolute atomic E-state index is 0.535. The largest absolute Gasteiger partial charge is 0.480 e. The van der Waals surface area contributed by atoms with Crippen LogP contribution in [0.5, 0.6) is 0 Å². The van der Waals surface area contributed by atoms with Crippen molar-refractivity contribution in [1.82, 2.24) is 5.32 Å². The molecule has 1 aromatic carbocycles. The van der Waals surface area contributed by atoms with Gasteiger partial charge in [-0.2, -0.15) is 0 Å². The maximum atomic E-state index is 11.6. The number of hydrogen-bond acceptors (Lipinski definition) is 2. The highest BCUT2D eigenvalue weighted by atomic mass is 16.4. The van der Waals surface area contributed by atoms with Gasteiger partial charge in [-0.15, -0.1) is 0 Å². The van der Waals surface area contributed by atoms with Crippen molar-refractivity contribution in [3.8, 4) is 0 Å². The van der Waals surface area contributed by atoms with Crippen molar-refractivity contribution in [3.63, 3.8) is 0 Å². The second-order valence-corrected chi connectivity index (χ2v) is 4.32. The summed E-state index contributed by atoms with van der Waals surface area (Å²) in [6.45, 7) is 4.71. The molecule has 0 saturated heterocycles. The summed E-state index contributed by atoms with van der Waals surface area (Å²) >= 11 is 0. The number of carboxylic acid groups (broad SMARTS) is 1. The number of para-hydroxylation sites is 1. The van der Waals surface area contributed by atoms with Crippen molar-refractivity contribution in [3.05, 3.63) is 29.8 Å². The van der Waals surface area contributed by atoms with Gasteiger partial charge in [-0.1, -0.05) is 18.2 Å². The summed E-state index contributed by atoms with van der Waals surface area (Å²) in [5, 5.41) is 13.9. The van der Waals surface area contributed by atoms with Gasteiger partial charge in [-0.3, -0.25) is 0 Å². The summed E-state index contributed by atoms with van der Waals surface area (Å²) in [5.41, 5.74) is 0.272. The van der Waals surface area contributed by atoms with E-state index in [1.54, 1.807) is 12.1 Å². The minimum atomic E-state index is -1.30. The lowest BCUT2D eigenvalue weighted by atomic mass is 10.1. The Morgan fingerprint density at radius 3 is 2.35 bits per heavy atom. The van der Waals surface area contributed by atoms with Crippen LogP contribution in [0.15, 0.2) is 24.3 Å². The molecule has 1 rings (SSSR count). The molecule has 0 aromatic heterocycles. The summed E-state index contributed by atoms with van der Waals surface area (Å²) in [6.07, 6.45) is 0. The molecule has 17 heavy (non-hydrogen) atoms. The Kier molecular flexibility index (Phi) is 3.73. The molecule has 2 amide bonds. The molecule has 3 N–H and O–H groups in total. The number of anilines is 1. The molecule has 0 atom stereocenters. The van der Waals surface area contributed by atoms with Crippen LogP contribution >= 0.6 is 0 Å². The molecule has 0 spiro atoms. The average Bonchev–Trinajstić information content (AvgIpc) is 2.20. The zero-order chi connectivity index (χ0) is 13.1. The van der Waals surface area contributed by atoms with Crippen molar-refractivity contribution in [2.75, 3.05) is 5.32 Å². The maximum Gasteiger partial charge on any atom is 0.328 e. The Morgan fingerprint density at radius 1 is 1.24 bits per heavy atom. The molecule has 0 heterocycles. The first-order valence-electron chi connectivity index (χ1n) is 5.21. The van der Waals surface area contributed by atoms with Crippen LogP contribution in [-0.4, -0.2) is 22.6 Å². The number of carboxylic acids is 1. The molecule has 0 radical (unpaired) electrons. The number of hydrogen-bond donors (Lipinski definition) is 3. The number of carbonyl (C=O) groups is 2. The minimum Gasteiger partial charge on any atom is -0.480 e. The predicted octanol–water partition coefficient (Wildman–Crippen LogP) is 1.98.